The molecule has 6 nitrogen and oxygen atoms in total. The van der Waals surface area contributed by atoms with Gasteiger partial charge in [-0.05, 0) is 24.1 Å². The van der Waals surface area contributed by atoms with Gasteiger partial charge in [0.05, 0.1) is 6.04 Å². The van der Waals surface area contributed by atoms with Crippen molar-refractivity contribution in [3.8, 4) is 0 Å². The van der Waals surface area contributed by atoms with E-state index in [-0.39, 0.29) is 12.5 Å². The Kier molecular flexibility index (Phi) is 6.23. The van der Waals surface area contributed by atoms with Crippen LogP contribution in [0, 0.1) is 5.82 Å². The third-order valence-electron chi connectivity index (χ3n) is 2.51. The molecule has 0 bridgehead atoms. The highest BCUT2D eigenvalue weighted by molar-refractivity contribution is 6.65. The molecule has 1 aromatic rings. The highest BCUT2D eigenvalue weighted by atomic mass is 28.4. The van der Waals surface area contributed by atoms with Gasteiger partial charge in [-0.3, -0.25) is 14.4 Å². The average Bonchev–Trinajstić information content (AvgIpc) is 2.34. The zero-order valence-corrected chi connectivity index (χ0v) is 13.6. The van der Waals surface area contributed by atoms with Crippen molar-refractivity contribution in [1.29, 1.82) is 0 Å². The largest absolute Gasteiger partial charge is 0.705 e. The smallest absolute Gasteiger partial charge is 0.455 e. The van der Waals surface area contributed by atoms with Crippen molar-refractivity contribution in [2.24, 2.45) is 0 Å². The molecule has 0 fully saturated rings. The van der Waals surface area contributed by atoms with Gasteiger partial charge in [-0.25, -0.2) is 4.39 Å². The predicted octanol–water partition coefficient (Wildman–Crippen LogP) is 2.00. The number of hydrogen-bond donors (Lipinski definition) is 0. The zero-order chi connectivity index (χ0) is 16.8. The maximum atomic E-state index is 13.2. The lowest BCUT2D eigenvalue weighted by Crippen LogP contribution is -2.49. The number of halogens is 1. The number of benzene rings is 1. The highest BCUT2D eigenvalue weighted by Gasteiger charge is 2.51. The van der Waals surface area contributed by atoms with Crippen molar-refractivity contribution >= 4 is 26.7 Å². The maximum Gasteiger partial charge on any atom is 0.705 e. The van der Waals surface area contributed by atoms with Crippen LogP contribution in [0.5, 0.6) is 0 Å². The third-order valence-corrected chi connectivity index (χ3v) is 5.16. The zero-order valence-electron chi connectivity index (χ0n) is 12.6. The van der Waals surface area contributed by atoms with Crippen LogP contribution in [0.15, 0.2) is 24.3 Å². The van der Waals surface area contributed by atoms with Gasteiger partial charge in [-0.2, -0.15) is 0 Å². The van der Waals surface area contributed by atoms with Gasteiger partial charge in [0.2, 0.25) is 0 Å². The highest BCUT2D eigenvalue weighted by Crippen LogP contribution is 2.20. The molecule has 1 rings (SSSR count). The summed E-state index contributed by atoms with van der Waals surface area (Å²) < 4.78 is 28.3. The minimum Gasteiger partial charge on any atom is -0.455 e. The van der Waals surface area contributed by atoms with Gasteiger partial charge >= 0.3 is 8.80 Å². The molecule has 0 aliphatic heterocycles. The molecule has 0 spiro atoms. The van der Waals surface area contributed by atoms with Gasteiger partial charge in [0, 0.05) is 20.8 Å². The fourth-order valence-electron chi connectivity index (χ4n) is 1.86. The third kappa shape index (κ3) is 6.04. The van der Waals surface area contributed by atoms with E-state index in [0.29, 0.717) is 5.56 Å². The second kappa shape index (κ2) is 7.69. The minimum atomic E-state index is -3.86. The normalized spacial score (nSPS) is 10.7. The van der Waals surface area contributed by atoms with Gasteiger partial charge in [-0.1, -0.05) is 12.1 Å². The van der Waals surface area contributed by atoms with Gasteiger partial charge < -0.3 is 13.3 Å². The molecule has 0 radical (unpaired) electrons. The van der Waals surface area contributed by atoms with Gasteiger partial charge in [-0.15, -0.1) is 0 Å². The molecule has 0 N–H and O–H groups in total. The summed E-state index contributed by atoms with van der Waals surface area (Å²) in [5.74, 6) is -2.60. The first-order valence-electron chi connectivity index (χ1n) is 6.55. The summed E-state index contributed by atoms with van der Waals surface area (Å²) >= 11 is 0. The van der Waals surface area contributed by atoms with Gasteiger partial charge in [0.15, 0.2) is 0 Å². The molecule has 0 aliphatic carbocycles. The lowest BCUT2D eigenvalue weighted by atomic mass is 10.2. The molecule has 1 aromatic carbocycles. The van der Waals surface area contributed by atoms with E-state index in [1.54, 1.807) is 6.07 Å². The summed E-state index contributed by atoms with van der Waals surface area (Å²) in [5.41, 5.74) is 0.600. The van der Waals surface area contributed by atoms with E-state index in [1.807, 2.05) is 0 Å². The van der Waals surface area contributed by atoms with E-state index in [2.05, 4.69) is 0 Å². The number of hydrogen-bond acceptors (Lipinski definition) is 6. The lowest BCUT2D eigenvalue weighted by Gasteiger charge is -2.26. The quantitative estimate of drug-likeness (QED) is 0.743. The lowest BCUT2D eigenvalue weighted by molar-refractivity contribution is -0.147. The van der Waals surface area contributed by atoms with Crippen molar-refractivity contribution in [3.05, 3.63) is 35.6 Å². The van der Waals surface area contributed by atoms with E-state index in [1.165, 1.54) is 18.2 Å². The average molecular weight is 328 g/mol. The monoisotopic (exact) mass is 328 g/mol. The molecule has 0 aromatic heterocycles. The molecule has 0 aliphatic rings. The van der Waals surface area contributed by atoms with Crippen LogP contribution in [0.25, 0.3) is 0 Å². The van der Waals surface area contributed by atoms with Crippen LogP contribution < -0.4 is 0 Å². The van der Waals surface area contributed by atoms with Gasteiger partial charge in [0.1, 0.15) is 5.82 Å². The molecule has 0 unspecified atom stereocenters. The molecule has 0 heterocycles. The van der Waals surface area contributed by atoms with E-state index < -0.39 is 32.5 Å². The Balaban J connectivity index is 2.97. The second-order valence-corrected chi connectivity index (χ2v) is 7.07. The van der Waals surface area contributed by atoms with Crippen molar-refractivity contribution in [1.82, 2.24) is 0 Å². The SMILES string of the molecule is CC(=O)O[Si](CCc1cccc(F)c1)(OC(C)=O)OC(C)=O. The Labute approximate surface area is 128 Å². The molecule has 0 saturated carbocycles. The molecule has 8 heteroatoms. The molecule has 0 amide bonds. The molecule has 0 atom stereocenters. The number of carbonyl (C=O) groups excluding carboxylic acids is 3. The van der Waals surface area contributed by atoms with Crippen LogP contribution in [-0.4, -0.2) is 26.7 Å². The van der Waals surface area contributed by atoms with Crippen molar-refractivity contribution in [3.63, 3.8) is 0 Å². The van der Waals surface area contributed by atoms with E-state index >= 15 is 0 Å². The van der Waals surface area contributed by atoms with E-state index in [4.69, 9.17) is 13.3 Å². The van der Waals surface area contributed by atoms with Crippen molar-refractivity contribution in [2.75, 3.05) is 0 Å². The Morgan fingerprint density at radius 3 is 1.91 bits per heavy atom. The van der Waals surface area contributed by atoms with E-state index in [0.717, 1.165) is 20.8 Å². The Morgan fingerprint density at radius 2 is 1.50 bits per heavy atom. The molecular weight excluding hydrogens is 311 g/mol. The van der Waals surface area contributed by atoms with Crippen LogP contribution in [-0.2, 0) is 34.1 Å². The summed E-state index contributed by atoms with van der Waals surface area (Å²) in [7, 11) is -3.86. The molecule has 22 heavy (non-hydrogen) atoms. The summed E-state index contributed by atoms with van der Waals surface area (Å²) in [5, 5.41) is 0. The van der Waals surface area contributed by atoms with Crippen LogP contribution in [0.4, 0.5) is 4.39 Å². The Morgan fingerprint density at radius 1 is 1.00 bits per heavy atom. The topological polar surface area (TPSA) is 78.9 Å². The summed E-state index contributed by atoms with van der Waals surface area (Å²) in [6, 6.07) is 5.76. The fraction of sp³-hybridized carbons (Fsp3) is 0.357. The number of aryl methyl sites for hydroxylation is 1. The van der Waals surface area contributed by atoms with Crippen LogP contribution in [0.2, 0.25) is 6.04 Å². The van der Waals surface area contributed by atoms with Crippen LogP contribution in [0.1, 0.15) is 26.3 Å². The maximum absolute atomic E-state index is 13.2. The van der Waals surface area contributed by atoms with Crippen molar-refractivity contribution < 1.29 is 32.1 Å². The van der Waals surface area contributed by atoms with Crippen LogP contribution >= 0.6 is 0 Å². The van der Waals surface area contributed by atoms with Gasteiger partial charge in [0.25, 0.3) is 17.9 Å². The first-order valence-corrected chi connectivity index (χ1v) is 8.49. The summed E-state index contributed by atoms with van der Waals surface area (Å²) in [4.78, 5) is 33.8. The molecule has 120 valence electrons. The minimum absolute atomic E-state index is 0.0187. The summed E-state index contributed by atoms with van der Waals surface area (Å²) in [6.45, 7) is 3.37. The predicted molar refractivity (Wildman–Crippen MR) is 76.0 cm³/mol. The molecular formula is C14H17FO6Si. The fourth-order valence-corrected chi connectivity index (χ4v) is 4.20. The first kappa shape index (κ1) is 17.8. The van der Waals surface area contributed by atoms with Crippen LogP contribution in [0.3, 0.4) is 0 Å². The summed E-state index contributed by atoms with van der Waals surface area (Å²) in [6.07, 6.45) is 0.220. The van der Waals surface area contributed by atoms with Crippen molar-refractivity contribution in [2.45, 2.75) is 33.2 Å². The Bertz CT molecular complexity index is 533. The standard InChI is InChI=1S/C14H17FO6Si/c1-10(16)19-22(20-11(2)17,21-12(3)18)8-7-13-5-4-6-14(15)9-13/h4-6,9H,7-8H2,1-3H3. The number of carbonyl (C=O) groups is 3. The number of rotatable bonds is 6. The molecule has 0 saturated heterocycles. The van der Waals surface area contributed by atoms with E-state index in [9.17, 15) is 18.8 Å². The second-order valence-electron chi connectivity index (χ2n) is 4.59. The Hall–Kier alpha value is -2.22. The first-order chi connectivity index (χ1) is 10.2.